The molecule has 0 spiro atoms. The van der Waals surface area contributed by atoms with Gasteiger partial charge in [-0.3, -0.25) is 24.3 Å². The molecule has 3 N–H and O–H groups in total. The van der Waals surface area contributed by atoms with E-state index in [1.165, 1.54) is 0 Å². The van der Waals surface area contributed by atoms with Crippen LogP contribution in [-0.2, 0) is 24.7 Å². The van der Waals surface area contributed by atoms with Crippen LogP contribution < -0.4 is 10.6 Å². The third-order valence-electron chi connectivity index (χ3n) is 3.91. The van der Waals surface area contributed by atoms with Gasteiger partial charge >= 0.3 is 16.3 Å². The Morgan fingerprint density at radius 3 is 2.55 bits per heavy atom. The first-order chi connectivity index (χ1) is 10.2. The molecule has 12 heteroatoms. The van der Waals surface area contributed by atoms with Gasteiger partial charge in [0, 0.05) is 6.54 Å². The highest BCUT2D eigenvalue weighted by molar-refractivity contribution is 7.84. The van der Waals surface area contributed by atoms with E-state index < -0.39 is 52.2 Å². The normalized spacial score (nSPS) is 31.0. The smallest absolute Gasteiger partial charge is 0.326 e. The second-order valence-electron chi connectivity index (χ2n) is 5.22. The van der Waals surface area contributed by atoms with E-state index in [-0.39, 0.29) is 19.4 Å². The van der Waals surface area contributed by atoms with E-state index >= 15 is 0 Å². The molecule has 22 heavy (non-hydrogen) atoms. The number of carbonyl (C=O) groups excluding carboxylic acids is 4. The largest absolute Gasteiger partial charge is 0.362 e. The monoisotopic (exact) mass is 332 g/mol. The number of β-lactam (4-membered cyclic amide) rings is 1. The van der Waals surface area contributed by atoms with Crippen molar-refractivity contribution < 1.29 is 32.1 Å². The Bertz CT molecular complexity index is 689. The first-order valence-electron chi connectivity index (χ1n) is 6.41. The van der Waals surface area contributed by atoms with Gasteiger partial charge in [0.2, 0.25) is 11.8 Å². The molecule has 0 bridgehead atoms. The van der Waals surface area contributed by atoms with Crippen LogP contribution in [0.15, 0.2) is 0 Å². The first-order valence-corrected chi connectivity index (χ1v) is 7.81. The van der Waals surface area contributed by atoms with Crippen molar-refractivity contribution in [1.82, 2.24) is 19.8 Å². The highest BCUT2D eigenvalue weighted by Crippen LogP contribution is 2.35. The number of carbonyl (C=O) groups is 4. The van der Waals surface area contributed by atoms with Gasteiger partial charge in [0.25, 0.3) is 5.91 Å². The summed E-state index contributed by atoms with van der Waals surface area (Å²) in [5.74, 6) is -2.03. The predicted molar refractivity (Wildman–Crippen MR) is 67.4 cm³/mol. The van der Waals surface area contributed by atoms with Gasteiger partial charge < -0.3 is 10.2 Å². The van der Waals surface area contributed by atoms with Crippen LogP contribution in [0, 0.1) is 0 Å². The maximum Gasteiger partial charge on any atom is 0.362 e. The number of fused-ring (bicyclic) bond motifs is 1. The highest BCUT2D eigenvalue weighted by atomic mass is 32.2. The van der Waals surface area contributed by atoms with Gasteiger partial charge in [-0.15, -0.1) is 0 Å². The summed E-state index contributed by atoms with van der Waals surface area (Å²) in [5.41, 5.74) is 0. The summed E-state index contributed by atoms with van der Waals surface area (Å²) >= 11 is 0. The van der Waals surface area contributed by atoms with Crippen LogP contribution in [-0.4, -0.2) is 70.6 Å². The zero-order valence-electron chi connectivity index (χ0n) is 11.1. The molecule has 0 aliphatic carbocycles. The molecule has 1 unspecified atom stereocenters. The molecule has 5 amide bonds. The standard InChI is InChI=1S/C10H12N4O7S/c15-6-3-4(8(16)12-6)11-10(18)13-2-1-5-7(13)9(17)14(5)22(19,20)21/h4-5,7H,1-3H2,(H,11,18)(H,12,15,16)(H,19,20,21)/t4?,5-,7-/m1/s1. The summed E-state index contributed by atoms with van der Waals surface area (Å²) in [7, 11) is -4.64. The van der Waals surface area contributed by atoms with Crippen LogP contribution in [0.4, 0.5) is 4.79 Å². The molecule has 3 aliphatic rings. The summed E-state index contributed by atoms with van der Waals surface area (Å²) in [5, 5.41) is 4.37. The lowest BCUT2D eigenvalue weighted by molar-refractivity contribution is -0.143. The Hall–Kier alpha value is -2.21. The fourth-order valence-electron chi connectivity index (χ4n) is 2.95. The number of rotatable bonds is 2. The van der Waals surface area contributed by atoms with Crippen LogP contribution in [0.5, 0.6) is 0 Å². The molecule has 120 valence electrons. The fraction of sp³-hybridized carbons (Fsp3) is 0.600. The van der Waals surface area contributed by atoms with Crippen LogP contribution >= 0.6 is 0 Å². The summed E-state index contributed by atoms with van der Waals surface area (Å²) in [6, 6.07) is -3.52. The van der Waals surface area contributed by atoms with E-state index in [2.05, 4.69) is 5.32 Å². The summed E-state index contributed by atoms with van der Waals surface area (Å²) in [6.45, 7) is 0.0984. The van der Waals surface area contributed by atoms with Gasteiger partial charge in [-0.1, -0.05) is 0 Å². The van der Waals surface area contributed by atoms with Crippen molar-refractivity contribution in [3.8, 4) is 0 Å². The number of hydrogen-bond donors (Lipinski definition) is 3. The van der Waals surface area contributed by atoms with Crippen LogP contribution in [0.1, 0.15) is 12.8 Å². The molecule has 3 atom stereocenters. The quantitative estimate of drug-likeness (QED) is 0.280. The van der Waals surface area contributed by atoms with Crippen molar-refractivity contribution in [2.75, 3.05) is 6.54 Å². The topological polar surface area (TPSA) is 153 Å². The maximum absolute atomic E-state index is 12.1. The van der Waals surface area contributed by atoms with Gasteiger partial charge in [-0.05, 0) is 6.42 Å². The average Bonchev–Trinajstić information content (AvgIpc) is 2.88. The summed E-state index contributed by atoms with van der Waals surface area (Å²) < 4.78 is 31.4. The molecular weight excluding hydrogens is 320 g/mol. The van der Waals surface area contributed by atoms with Crippen molar-refractivity contribution in [2.24, 2.45) is 0 Å². The van der Waals surface area contributed by atoms with E-state index in [0.29, 0.717) is 4.31 Å². The highest BCUT2D eigenvalue weighted by Gasteiger charge is 2.60. The Morgan fingerprint density at radius 2 is 2.00 bits per heavy atom. The molecule has 0 saturated carbocycles. The molecule has 11 nitrogen and oxygen atoms in total. The van der Waals surface area contributed by atoms with Crippen molar-refractivity contribution >= 4 is 34.1 Å². The summed E-state index contributed by atoms with van der Waals surface area (Å²) in [4.78, 5) is 47.4. The van der Waals surface area contributed by atoms with E-state index in [1.54, 1.807) is 0 Å². The lowest BCUT2D eigenvalue weighted by Crippen LogP contribution is -2.69. The van der Waals surface area contributed by atoms with Crippen molar-refractivity contribution in [3.63, 3.8) is 0 Å². The van der Waals surface area contributed by atoms with Crippen molar-refractivity contribution in [3.05, 3.63) is 0 Å². The number of nitrogens with zero attached hydrogens (tertiary/aromatic N) is 2. The molecule has 0 aromatic heterocycles. The lowest BCUT2D eigenvalue weighted by Gasteiger charge is -2.42. The minimum absolute atomic E-state index is 0.0984. The molecule has 3 fully saturated rings. The molecular formula is C10H12N4O7S. The number of hydrogen-bond acceptors (Lipinski definition) is 6. The van der Waals surface area contributed by atoms with Gasteiger partial charge in [0.1, 0.15) is 12.1 Å². The predicted octanol–water partition coefficient (Wildman–Crippen LogP) is -2.80. The molecule has 0 aromatic carbocycles. The zero-order valence-corrected chi connectivity index (χ0v) is 11.9. The number of amides is 5. The van der Waals surface area contributed by atoms with Gasteiger partial charge in [-0.25, -0.2) is 9.10 Å². The molecule has 3 aliphatic heterocycles. The third kappa shape index (κ3) is 2.11. The second-order valence-corrected chi connectivity index (χ2v) is 6.51. The summed E-state index contributed by atoms with van der Waals surface area (Å²) in [6.07, 6.45) is 0.0109. The number of nitrogens with one attached hydrogen (secondary N) is 2. The van der Waals surface area contributed by atoms with Crippen LogP contribution in [0.3, 0.4) is 0 Å². The van der Waals surface area contributed by atoms with Crippen molar-refractivity contribution in [2.45, 2.75) is 31.0 Å². The average molecular weight is 332 g/mol. The zero-order chi connectivity index (χ0) is 16.2. The maximum atomic E-state index is 12.1. The molecule has 3 heterocycles. The van der Waals surface area contributed by atoms with E-state index in [0.717, 1.165) is 4.90 Å². The van der Waals surface area contributed by atoms with E-state index in [4.69, 9.17) is 4.55 Å². The fourth-order valence-corrected chi connectivity index (χ4v) is 3.84. The molecule has 0 radical (unpaired) electrons. The Balaban J connectivity index is 1.68. The van der Waals surface area contributed by atoms with Gasteiger partial charge in [-0.2, -0.15) is 8.42 Å². The third-order valence-corrected chi connectivity index (χ3v) is 4.86. The SMILES string of the molecule is O=C1CC(NC(=O)N2CC[C@@H]3[C@@H]2C(=O)N3S(=O)(=O)O)C(=O)N1. The number of likely N-dealkylation sites (tertiary alicyclic amines) is 1. The van der Waals surface area contributed by atoms with Gasteiger partial charge in [0.15, 0.2) is 0 Å². The minimum atomic E-state index is -4.64. The van der Waals surface area contributed by atoms with E-state index in [1.807, 2.05) is 5.32 Å². The van der Waals surface area contributed by atoms with Gasteiger partial charge in [0.05, 0.1) is 12.5 Å². The van der Waals surface area contributed by atoms with Crippen molar-refractivity contribution in [1.29, 1.82) is 0 Å². The number of imide groups is 1. The second kappa shape index (κ2) is 4.64. The lowest BCUT2D eigenvalue weighted by atomic mass is 10.0. The Kier molecular flexibility index (Phi) is 3.11. The first kappa shape index (κ1) is 14.7. The Morgan fingerprint density at radius 1 is 1.32 bits per heavy atom. The molecule has 3 rings (SSSR count). The minimum Gasteiger partial charge on any atom is -0.326 e. The van der Waals surface area contributed by atoms with E-state index in [9.17, 15) is 27.6 Å². The number of urea groups is 1. The molecule has 3 saturated heterocycles. The Labute approximate surface area is 124 Å². The molecule has 0 aromatic rings. The van der Waals surface area contributed by atoms with Crippen LogP contribution in [0.25, 0.3) is 0 Å². The van der Waals surface area contributed by atoms with Crippen LogP contribution in [0.2, 0.25) is 0 Å².